The third kappa shape index (κ3) is 7.81. The van der Waals surface area contributed by atoms with E-state index >= 15 is 0 Å². The molecule has 0 saturated carbocycles. The Morgan fingerprint density at radius 3 is 2.10 bits per heavy atom. The second kappa shape index (κ2) is 15.0. The lowest BCUT2D eigenvalue weighted by Crippen LogP contribution is -2.48. The highest BCUT2D eigenvalue weighted by atomic mass is 32.2. The van der Waals surface area contributed by atoms with Gasteiger partial charge in [-0.15, -0.1) is 0 Å². The average molecular weight is 579 g/mol. The molecule has 0 spiro atoms. The van der Waals surface area contributed by atoms with Gasteiger partial charge in [0.05, 0.1) is 11.4 Å². The second-order valence-corrected chi connectivity index (χ2v) is 12.1. The van der Waals surface area contributed by atoms with Crippen molar-refractivity contribution in [1.29, 1.82) is 0 Å². The number of imidazole rings is 1. The monoisotopic (exact) mass is 578 g/mol. The van der Waals surface area contributed by atoms with Gasteiger partial charge in [-0.05, 0) is 32.3 Å². The summed E-state index contributed by atoms with van der Waals surface area (Å²) in [6.45, 7) is 8.90. The molecular weight excluding hydrogens is 536 g/mol. The van der Waals surface area contributed by atoms with Gasteiger partial charge in [-0.25, -0.2) is 4.98 Å². The van der Waals surface area contributed by atoms with Crippen LogP contribution in [0.15, 0.2) is 102 Å². The Kier molecular flexibility index (Phi) is 10.7. The van der Waals surface area contributed by atoms with E-state index in [9.17, 15) is 4.79 Å². The van der Waals surface area contributed by atoms with E-state index in [1.54, 1.807) is 0 Å². The molecule has 1 aliphatic rings. The maximum Gasteiger partial charge on any atom is 0.222 e. The van der Waals surface area contributed by atoms with Crippen LogP contribution in [0.3, 0.4) is 0 Å². The van der Waals surface area contributed by atoms with Crippen molar-refractivity contribution < 1.29 is 4.79 Å². The van der Waals surface area contributed by atoms with Crippen LogP contribution in [0, 0.1) is 0 Å². The third-order valence-corrected chi connectivity index (χ3v) is 8.74. The van der Waals surface area contributed by atoms with Gasteiger partial charge in [0.15, 0.2) is 5.16 Å². The van der Waals surface area contributed by atoms with Gasteiger partial charge in [0, 0.05) is 62.1 Å². The zero-order valence-electron chi connectivity index (χ0n) is 24.9. The molecule has 42 heavy (non-hydrogen) atoms. The molecule has 0 atom stereocenters. The molecule has 6 heteroatoms. The fourth-order valence-electron chi connectivity index (χ4n) is 5.44. The van der Waals surface area contributed by atoms with Gasteiger partial charge in [-0.1, -0.05) is 115 Å². The molecule has 5 rings (SSSR count). The van der Waals surface area contributed by atoms with Crippen LogP contribution in [-0.2, 0) is 4.79 Å². The normalized spacial score (nSPS) is 14.2. The molecule has 1 fully saturated rings. The van der Waals surface area contributed by atoms with Crippen LogP contribution in [0.1, 0.15) is 44.7 Å². The van der Waals surface area contributed by atoms with Crippen molar-refractivity contribution in [3.63, 3.8) is 0 Å². The summed E-state index contributed by atoms with van der Waals surface area (Å²) in [6.07, 6.45) is 6.92. The zero-order valence-corrected chi connectivity index (χ0v) is 25.7. The van der Waals surface area contributed by atoms with E-state index in [-0.39, 0.29) is 6.04 Å². The number of hydrogen-bond donors (Lipinski definition) is 0. The maximum absolute atomic E-state index is 12.9. The molecule has 0 aliphatic carbocycles. The van der Waals surface area contributed by atoms with E-state index in [1.165, 1.54) is 16.8 Å². The number of carbonyl (C=O) groups excluding carboxylic acids is 1. The van der Waals surface area contributed by atoms with Crippen molar-refractivity contribution in [2.45, 2.75) is 44.3 Å². The first kappa shape index (κ1) is 29.9. The van der Waals surface area contributed by atoms with E-state index in [2.05, 4.69) is 114 Å². The molecule has 0 bridgehead atoms. The van der Waals surface area contributed by atoms with E-state index < -0.39 is 0 Å². The maximum atomic E-state index is 12.9. The molecule has 5 nitrogen and oxygen atoms in total. The Labute approximate surface area is 255 Å². The Hall–Kier alpha value is -3.61. The molecule has 2 heterocycles. The van der Waals surface area contributed by atoms with Gasteiger partial charge in [-0.3, -0.25) is 9.69 Å². The number of amides is 1. The molecule has 1 saturated heterocycles. The van der Waals surface area contributed by atoms with Gasteiger partial charge in [0.25, 0.3) is 0 Å². The predicted molar refractivity (Wildman–Crippen MR) is 177 cm³/mol. The first-order valence-electron chi connectivity index (χ1n) is 15.2. The predicted octanol–water partition coefficient (Wildman–Crippen LogP) is 7.92. The summed E-state index contributed by atoms with van der Waals surface area (Å²) in [5.41, 5.74) is 5.75. The summed E-state index contributed by atoms with van der Waals surface area (Å²) in [5.74, 6) is 1.24. The number of thioether (sulfide) groups is 1. The number of hydrogen-bond acceptors (Lipinski definition) is 4. The number of carbonyl (C=O) groups is 1. The largest absolute Gasteiger partial charge is 0.340 e. The van der Waals surface area contributed by atoms with Gasteiger partial charge in [-0.2, -0.15) is 0 Å². The fraction of sp³-hybridized carbons (Fsp3) is 0.333. The summed E-state index contributed by atoms with van der Waals surface area (Å²) in [5, 5.41) is 1.05. The SMILES string of the molecule is CC(C)n1c(SCCCCC(=O)N2CCN(CC=Cc3ccccc3)CC2)nc(-c2ccccc2)c1-c1ccccc1. The van der Waals surface area contributed by atoms with Crippen LogP contribution in [0.2, 0.25) is 0 Å². The van der Waals surface area contributed by atoms with Crippen LogP contribution in [0.5, 0.6) is 0 Å². The summed E-state index contributed by atoms with van der Waals surface area (Å²) in [7, 11) is 0. The molecule has 0 N–H and O–H groups in total. The minimum Gasteiger partial charge on any atom is -0.340 e. The van der Waals surface area contributed by atoms with Crippen molar-refractivity contribution in [1.82, 2.24) is 19.4 Å². The quantitative estimate of drug-likeness (QED) is 0.127. The van der Waals surface area contributed by atoms with Gasteiger partial charge in [0.1, 0.15) is 0 Å². The molecule has 1 amide bonds. The van der Waals surface area contributed by atoms with Crippen molar-refractivity contribution >= 4 is 23.7 Å². The van der Waals surface area contributed by atoms with E-state index in [0.717, 1.165) is 67.7 Å². The lowest BCUT2D eigenvalue weighted by molar-refractivity contribution is -0.132. The van der Waals surface area contributed by atoms with Gasteiger partial charge < -0.3 is 9.47 Å². The first-order valence-corrected chi connectivity index (χ1v) is 16.2. The summed E-state index contributed by atoms with van der Waals surface area (Å²) >= 11 is 1.81. The van der Waals surface area contributed by atoms with Crippen molar-refractivity contribution in [3.8, 4) is 22.5 Å². The molecule has 4 aromatic rings. The van der Waals surface area contributed by atoms with E-state index in [1.807, 2.05) is 28.8 Å². The highest BCUT2D eigenvalue weighted by Crippen LogP contribution is 2.38. The van der Waals surface area contributed by atoms with E-state index in [4.69, 9.17) is 4.98 Å². The number of aromatic nitrogens is 2. The topological polar surface area (TPSA) is 41.4 Å². The smallest absolute Gasteiger partial charge is 0.222 e. The number of unbranched alkanes of at least 4 members (excludes halogenated alkanes) is 1. The van der Waals surface area contributed by atoms with Crippen LogP contribution < -0.4 is 0 Å². The Balaban J connectivity index is 1.11. The van der Waals surface area contributed by atoms with Crippen molar-refractivity contribution in [2.24, 2.45) is 0 Å². The van der Waals surface area contributed by atoms with Gasteiger partial charge in [0.2, 0.25) is 5.91 Å². The lowest BCUT2D eigenvalue weighted by atomic mass is 10.0. The number of rotatable bonds is 12. The summed E-state index contributed by atoms with van der Waals surface area (Å²) in [6, 6.07) is 31.7. The molecule has 218 valence electrons. The molecule has 3 aromatic carbocycles. The summed E-state index contributed by atoms with van der Waals surface area (Å²) < 4.78 is 2.38. The van der Waals surface area contributed by atoms with Crippen LogP contribution in [-0.4, -0.2) is 63.7 Å². The van der Waals surface area contributed by atoms with Crippen molar-refractivity contribution in [2.75, 3.05) is 38.5 Å². The first-order chi connectivity index (χ1) is 20.6. The highest BCUT2D eigenvalue weighted by molar-refractivity contribution is 7.99. The van der Waals surface area contributed by atoms with Crippen LogP contribution >= 0.6 is 11.8 Å². The van der Waals surface area contributed by atoms with E-state index in [0.29, 0.717) is 12.3 Å². The zero-order chi connectivity index (χ0) is 29.1. The number of benzene rings is 3. The standard InChI is InChI=1S/C36H42N4OS/c1-29(2)40-35(32-20-10-5-11-21-32)34(31-18-8-4-9-19-31)37-36(40)42-28-13-12-22-33(41)39-26-24-38(25-27-39)23-14-17-30-15-6-3-7-16-30/h3-11,14-21,29H,12-13,22-28H2,1-2H3. The lowest BCUT2D eigenvalue weighted by Gasteiger charge is -2.34. The fourth-order valence-corrected chi connectivity index (χ4v) is 6.57. The number of nitrogens with zero attached hydrogens (tertiary/aromatic N) is 4. The van der Waals surface area contributed by atoms with Crippen LogP contribution in [0.25, 0.3) is 28.6 Å². The minimum absolute atomic E-state index is 0.279. The minimum atomic E-state index is 0.279. The second-order valence-electron chi connectivity index (χ2n) is 11.1. The third-order valence-electron chi connectivity index (χ3n) is 7.70. The Morgan fingerprint density at radius 2 is 1.45 bits per heavy atom. The molecular formula is C36H42N4OS. The van der Waals surface area contributed by atoms with Crippen LogP contribution in [0.4, 0.5) is 0 Å². The van der Waals surface area contributed by atoms with Crippen molar-refractivity contribution in [3.05, 3.63) is 103 Å². The Bertz CT molecular complexity index is 1430. The summed E-state index contributed by atoms with van der Waals surface area (Å²) in [4.78, 5) is 22.6. The molecule has 1 aliphatic heterocycles. The molecule has 1 aromatic heterocycles. The molecule has 0 unspecified atom stereocenters. The average Bonchev–Trinajstić information content (AvgIpc) is 3.42. The Morgan fingerprint density at radius 1 is 0.833 bits per heavy atom. The number of piperazine rings is 1. The molecule has 0 radical (unpaired) electrons. The highest BCUT2D eigenvalue weighted by Gasteiger charge is 2.23. The van der Waals surface area contributed by atoms with Gasteiger partial charge >= 0.3 is 0 Å².